The lowest BCUT2D eigenvalue weighted by Gasteiger charge is -2.22. The summed E-state index contributed by atoms with van der Waals surface area (Å²) in [5.41, 5.74) is 2.61. The molecule has 0 fully saturated rings. The highest BCUT2D eigenvalue weighted by molar-refractivity contribution is 6.31. The first-order valence-corrected chi connectivity index (χ1v) is 13.0. The molecule has 0 radical (unpaired) electrons. The van der Waals surface area contributed by atoms with Gasteiger partial charge >= 0.3 is 6.55 Å². The highest BCUT2D eigenvalue weighted by Crippen LogP contribution is 2.35. The van der Waals surface area contributed by atoms with Crippen LogP contribution in [0.15, 0.2) is 60.0 Å². The lowest BCUT2D eigenvalue weighted by molar-refractivity contribution is -0.119. The van der Waals surface area contributed by atoms with Crippen molar-refractivity contribution in [3.63, 3.8) is 0 Å². The maximum atomic E-state index is 13.9. The lowest BCUT2D eigenvalue weighted by atomic mass is 9.97. The number of halogens is 3. The third-order valence-electron chi connectivity index (χ3n) is 7.17. The van der Waals surface area contributed by atoms with Crippen molar-refractivity contribution < 1.29 is 13.6 Å². The molecule has 4 aromatic heterocycles. The number of H-pyrrole nitrogens is 1. The van der Waals surface area contributed by atoms with Gasteiger partial charge in [0.05, 0.1) is 53.0 Å². The molecule has 0 saturated carbocycles. The van der Waals surface area contributed by atoms with Crippen LogP contribution in [-0.4, -0.2) is 40.4 Å². The second kappa shape index (κ2) is 10.3. The second-order valence-electron chi connectivity index (χ2n) is 9.74. The molecule has 2 N–H and O–H groups in total. The topological polar surface area (TPSA) is 123 Å². The van der Waals surface area contributed by atoms with Crippen LogP contribution in [0.3, 0.4) is 0 Å². The van der Waals surface area contributed by atoms with Gasteiger partial charge in [0.15, 0.2) is 0 Å². The number of nitrogens with one attached hydrogen (secondary N) is 2. The van der Waals surface area contributed by atoms with E-state index >= 15 is 0 Å². The Morgan fingerprint density at radius 2 is 1.95 bits per heavy atom. The van der Waals surface area contributed by atoms with Crippen molar-refractivity contribution in [2.75, 3.05) is 5.32 Å². The van der Waals surface area contributed by atoms with Crippen LogP contribution in [-0.2, 0) is 4.79 Å². The van der Waals surface area contributed by atoms with E-state index in [-0.39, 0.29) is 22.8 Å². The first-order chi connectivity index (χ1) is 19.3. The van der Waals surface area contributed by atoms with E-state index in [1.807, 2.05) is 0 Å². The molecule has 0 aliphatic carbocycles. The maximum Gasteiger partial charge on any atom is 0.333 e. The number of carbonyl (C=O) groups is 1. The number of nitrogens with zero attached hydrogens (tertiary/aromatic N) is 6. The minimum atomic E-state index is -2.93. The summed E-state index contributed by atoms with van der Waals surface area (Å²) >= 11 is 6.28. The molecule has 5 heterocycles. The molecule has 1 aliphatic heterocycles. The number of amides is 1. The van der Waals surface area contributed by atoms with Gasteiger partial charge in [-0.15, -0.1) is 0 Å². The van der Waals surface area contributed by atoms with Crippen LogP contribution in [0.1, 0.15) is 44.5 Å². The number of hydrogen-bond acceptors (Lipinski definition) is 6. The first-order valence-electron chi connectivity index (χ1n) is 12.6. The molecular weight excluding hydrogens is 542 g/mol. The number of rotatable bonds is 3. The number of fused-ring (bicyclic) bond motifs is 5. The van der Waals surface area contributed by atoms with Crippen LogP contribution < -0.4 is 10.9 Å². The Balaban J connectivity index is 1.46. The zero-order valence-electron chi connectivity index (χ0n) is 21.2. The van der Waals surface area contributed by atoms with Gasteiger partial charge in [-0.2, -0.15) is 19.0 Å². The summed E-state index contributed by atoms with van der Waals surface area (Å²) in [5, 5.41) is 14.7. The zero-order valence-corrected chi connectivity index (χ0v) is 21.9. The summed E-state index contributed by atoms with van der Waals surface area (Å²) in [6.45, 7) is -1.15. The number of hydrogen-bond donors (Lipinski definition) is 2. The monoisotopic (exact) mass is 564 g/mol. The molecule has 204 valence electrons. The predicted molar refractivity (Wildman–Crippen MR) is 145 cm³/mol. The van der Waals surface area contributed by atoms with Crippen molar-refractivity contribution in [1.29, 1.82) is 0 Å². The highest BCUT2D eigenvalue weighted by atomic mass is 35.5. The molecule has 10 nitrogen and oxygen atoms in total. The van der Waals surface area contributed by atoms with E-state index in [2.05, 4.69) is 30.6 Å². The van der Waals surface area contributed by atoms with Crippen LogP contribution in [0.4, 0.5) is 14.5 Å². The molecule has 13 heteroatoms. The molecule has 5 aromatic rings. The van der Waals surface area contributed by atoms with E-state index in [1.54, 1.807) is 37.4 Å². The van der Waals surface area contributed by atoms with Crippen molar-refractivity contribution in [2.24, 2.45) is 5.92 Å². The molecule has 1 amide bonds. The zero-order chi connectivity index (χ0) is 28.0. The van der Waals surface area contributed by atoms with Gasteiger partial charge in [0.25, 0.3) is 5.56 Å². The normalized spacial score (nSPS) is 17.8. The summed E-state index contributed by atoms with van der Waals surface area (Å²) in [7, 11) is 0. The number of carbonyl (C=O) groups excluding carboxylic acids is 1. The average Bonchev–Trinajstić information content (AvgIpc) is 3.57. The summed E-state index contributed by atoms with van der Waals surface area (Å²) < 4.78 is 29.8. The Labute approximate surface area is 231 Å². The van der Waals surface area contributed by atoms with E-state index in [9.17, 15) is 18.4 Å². The van der Waals surface area contributed by atoms with E-state index in [0.29, 0.717) is 51.5 Å². The largest absolute Gasteiger partial charge is 0.333 e. The van der Waals surface area contributed by atoms with Gasteiger partial charge in [-0.1, -0.05) is 24.9 Å². The number of anilines is 1. The quantitative estimate of drug-likeness (QED) is 0.301. The van der Waals surface area contributed by atoms with Crippen LogP contribution in [0.2, 0.25) is 5.02 Å². The third kappa shape index (κ3) is 4.64. The van der Waals surface area contributed by atoms with Crippen molar-refractivity contribution in [2.45, 2.75) is 38.8 Å². The van der Waals surface area contributed by atoms with Crippen LogP contribution in [0, 0.1) is 5.92 Å². The summed E-state index contributed by atoms with van der Waals surface area (Å²) in [5.74, 6) is -0.691. The van der Waals surface area contributed by atoms with E-state index in [0.717, 1.165) is 10.9 Å². The fourth-order valence-electron chi connectivity index (χ4n) is 5.12. The minimum Gasteiger partial charge on any atom is -0.323 e. The Bertz CT molecular complexity index is 1800. The lowest BCUT2D eigenvalue weighted by Crippen LogP contribution is -2.27. The van der Waals surface area contributed by atoms with Crippen molar-refractivity contribution in [3.8, 4) is 22.5 Å². The second-order valence-corrected chi connectivity index (χ2v) is 10.2. The SMILES string of the molecule is CC1CCCC(n2cnc(-c3cc(Cl)cc4[nH]ncc34)cc2=O)c2cc(ccn2)-c2c(cnn2C(F)F)NC1=O. The van der Waals surface area contributed by atoms with E-state index in [4.69, 9.17) is 11.6 Å². The van der Waals surface area contributed by atoms with E-state index < -0.39 is 18.5 Å². The smallest absolute Gasteiger partial charge is 0.323 e. The number of pyridine rings is 1. The number of aromatic amines is 1. The molecule has 1 aromatic carbocycles. The summed E-state index contributed by atoms with van der Waals surface area (Å²) in [4.78, 5) is 35.4. The third-order valence-corrected chi connectivity index (χ3v) is 7.39. The van der Waals surface area contributed by atoms with Crippen LogP contribution in [0.5, 0.6) is 0 Å². The highest BCUT2D eigenvalue weighted by Gasteiger charge is 2.26. The van der Waals surface area contributed by atoms with Gasteiger partial charge in [-0.25, -0.2) is 9.67 Å². The predicted octanol–water partition coefficient (Wildman–Crippen LogP) is 5.44. The fraction of sp³-hybridized carbons (Fsp3) is 0.259. The summed E-state index contributed by atoms with van der Waals surface area (Å²) in [6.07, 6.45) is 7.41. The molecule has 0 saturated heterocycles. The van der Waals surface area contributed by atoms with Crippen LogP contribution in [0.25, 0.3) is 33.4 Å². The number of alkyl halides is 2. The molecule has 2 atom stereocenters. The molecule has 0 spiro atoms. The molecule has 1 aliphatic rings. The standard InChI is InChI=1S/C27H23ClF2N8O2/c1-14-3-2-4-23(21-7-15(5-6-31-21)25-22(35-26(14)40)12-34-38(25)27(29)30)37-13-32-19(10-24(37)39)17-8-16(28)9-20-18(17)11-33-36-20/h5-14,23,27H,2-4H2,1H3,(H,33,36)(H,35,40). The fourth-order valence-corrected chi connectivity index (χ4v) is 5.34. The number of aromatic nitrogens is 7. The molecule has 2 unspecified atom stereocenters. The maximum absolute atomic E-state index is 13.9. The molecule has 40 heavy (non-hydrogen) atoms. The van der Waals surface area contributed by atoms with Crippen LogP contribution >= 0.6 is 11.6 Å². The van der Waals surface area contributed by atoms with Gasteiger partial charge in [-0.05, 0) is 37.1 Å². The van der Waals surface area contributed by atoms with Gasteiger partial charge in [0, 0.05) is 39.7 Å². The van der Waals surface area contributed by atoms with E-state index in [1.165, 1.54) is 29.4 Å². The van der Waals surface area contributed by atoms with Gasteiger partial charge < -0.3 is 5.32 Å². The molecular formula is C27H23ClF2N8O2. The van der Waals surface area contributed by atoms with Crippen molar-refractivity contribution in [3.05, 3.63) is 76.3 Å². The Morgan fingerprint density at radius 1 is 1.10 bits per heavy atom. The van der Waals surface area contributed by atoms with Crippen molar-refractivity contribution in [1.82, 2.24) is 34.5 Å². The summed E-state index contributed by atoms with van der Waals surface area (Å²) in [6, 6.07) is 7.56. The van der Waals surface area contributed by atoms with Gasteiger partial charge in [0.2, 0.25) is 5.91 Å². The molecule has 2 bridgehead atoms. The Morgan fingerprint density at radius 3 is 2.75 bits per heavy atom. The van der Waals surface area contributed by atoms with Gasteiger partial charge in [-0.3, -0.25) is 24.2 Å². The number of benzene rings is 1. The average molecular weight is 565 g/mol. The minimum absolute atomic E-state index is 0.0597. The van der Waals surface area contributed by atoms with Crippen molar-refractivity contribution >= 4 is 34.1 Å². The molecule has 6 rings (SSSR count). The Kier molecular flexibility index (Phi) is 6.62. The Hall–Kier alpha value is -4.45. The first kappa shape index (κ1) is 25.8. The van der Waals surface area contributed by atoms with Gasteiger partial charge in [0.1, 0.15) is 0 Å².